The zero-order valence-electron chi connectivity index (χ0n) is 19.2. The zero-order chi connectivity index (χ0) is 24.9. The maximum atomic E-state index is 15.2. The third-order valence-corrected chi connectivity index (χ3v) is 6.49. The number of alkyl halides is 2. The first-order valence-electron chi connectivity index (χ1n) is 11.4. The van der Waals surface area contributed by atoms with Crippen molar-refractivity contribution in [2.24, 2.45) is 0 Å². The Morgan fingerprint density at radius 1 is 1.14 bits per heavy atom. The van der Waals surface area contributed by atoms with Crippen LogP contribution in [0.3, 0.4) is 0 Å². The lowest BCUT2D eigenvalue weighted by atomic mass is 10.0. The molecule has 1 atom stereocenters. The molecular weight excluding hydrogens is 483 g/mol. The number of halogens is 3. The number of hydrogen-bond acceptors (Lipinski definition) is 9. The summed E-state index contributed by atoms with van der Waals surface area (Å²) in [7, 11) is 1.44. The quantitative estimate of drug-likeness (QED) is 0.497. The molecule has 0 aliphatic carbocycles. The van der Waals surface area contributed by atoms with Crippen molar-refractivity contribution in [3.05, 3.63) is 36.4 Å². The fourth-order valence-electron chi connectivity index (χ4n) is 4.49. The number of methoxy groups -OCH3 is 1. The van der Waals surface area contributed by atoms with Crippen LogP contribution in [0.5, 0.6) is 34.6 Å². The van der Waals surface area contributed by atoms with Gasteiger partial charge in [-0.25, -0.2) is 23.1 Å². The number of rotatable bonds is 6. The van der Waals surface area contributed by atoms with Crippen LogP contribution in [0.4, 0.5) is 13.2 Å². The second-order valence-electron chi connectivity index (χ2n) is 8.73. The monoisotopic (exact) mass is 505 g/mol. The molecule has 1 aromatic heterocycles. The molecule has 2 aromatic carbocycles. The SMILES string of the molecule is COc1cc(OC2CCN(C3COC3)CC2(F)F)c2c(Oc3c(F)ccc4c3OCO4)ncnc2c1. The highest BCUT2D eigenvalue weighted by molar-refractivity contribution is 5.91. The number of hydrogen-bond donors (Lipinski definition) is 0. The molecule has 36 heavy (non-hydrogen) atoms. The third-order valence-electron chi connectivity index (χ3n) is 6.49. The summed E-state index contributed by atoms with van der Waals surface area (Å²) in [5.74, 6) is -3.39. The Kier molecular flexibility index (Phi) is 5.64. The molecule has 190 valence electrons. The number of nitrogens with zero attached hydrogens (tertiary/aromatic N) is 3. The average Bonchev–Trinajstić information content (AvgIpc) is 3.30. The van der Waals surface area contributed by atoms with Gasteiger partial charge in [-0.1, -0.05) is 0 Å². The Bertz CT molecular complexity index is 1310. The Hall–Kier alpha value is -3.51. The third kappa shape index (κ3) is 3.99. The largest absolute Gasteiger partial charge is 0.497 e. The highest BCUT2D eigenvalue weighted by Gasteiger charge is 2.49. The molecule has 0 amide bonds. The zero-order valence-corrected chi connectivity index (χ0v) is 19.2. The van der Waals surface area contributed by atoms with Crippen LogP contribution in [0.2, 0.25) is 0 Å². The highest BCUT2D eigenvalue weighted by Crippen LogP contribution is 2.46. The molecule has 4 heterocycles. The Balaban J connectivity index is 1.37. The van der Waals surface area contributed by atoms with Gasteiger partial charge in [0, 0.05) is 25.1 Å². The van der Waals surface area contributed by atoms with Gasteiger partial charge in [0.05, 0.1) is 38.4 Å². The van der Waals surface area contributed by atoms with Crippen LogP contribution in [0, 0.1) is 5.82 Å². The molecular formula is C24H22F3N3O6. The summed E-state index contributed by atoms with van der Waals surface area (Å²) in [6.07, 6.45) is -0.0990. The van der Waals surface area contributed by atoms with Gasteiger partial charge in [0.15, 0.2) is 17.7 Å². The van der Waals surface area contributed by atoms with Crippen molar-refractivity contribution >= 4 is 10.9 Å². The summed E-state index contributed by atoms with van der Waals surface area (Å²) in [4.78, 5) is 10.1. The molecule has 0 spiro atoms. The predicted molar refractivity (Wildman–Crippen MR) is 119 cm³/mol. The lowest BCUT2D eigenvalue weighted by Crippen LogP contribution is -2.60. The van der Waals surface area contributed by atoms with Gasteiger partial charge in [-0.05, 0) is 12.1 Å². The number of aromatic nitrogens is 2. The van der Waals surface area contributed by atoms with Crippen LogP contribution < -0.4 is 23.7 Å². The van der Waals surface area contributed by atoms with E-state index in [0.29, 0.717) is 36.8 Å². The first-order chi connectivity index (χ1) is 17.4. The van der Waals surface area contributed by atoms with E-state index >= 15 is 8.78 Å². The maximum absolute atomic E-state index is 15.2. The van der Waals surface area contributed by atoms with E-state index in [1.165, 1.54) is 31.6 Å². The number of piperidine rings is 1. The highest BCUT2D eigenvalue weighted by atomic mass is 19.3. The van der Waals surface area contributed by atoms with Crippen molar-refractivity contribution in [2.45, 2.75) is 24.5 Å². The van der Waals surface area contributed by atoms with Crippen molar-refractivity contribution in [3.8, 4) is 34.6 Å². The number of benzene rings is 2. The van der Waals surface area contributed by atoms with Crippen LogP contribution in [-0.2, 0) is 4.74 Å². The van der Waals surface area contributed by atoms with Crippen molar-refractivity contribution in [3.63, 3.8) is 0 Å². The minimum Gasteiger partial charge on any atom is -0.497 e. The van der Waals surface area contributed by atoms with Gasteiger partial charge in [0.25, 0.3) is 5.92 Å². The molecule has 2 saturated heterocycles. The summed E-state index contributed by atoms with van der Waals surface area (Å²) in [5.41, 5.74) is 0.312. The van der Waals surface area contributed by atoms with Crippen molar-refractivity contribution < 1.29 is 41.6 Å². The van der Waals surface area contributed by atoms with Crippen molar-refractivity contribution in [1.29, 1.82) is 0 Å². The van der Waals surface area contributed by atoms with Gasteiger partial charge in [-0.2, -0.15) is 0 Å². The molecule has 9 nitrogen and oxygen atoms in total. The molecule has 0 bridgehead atoms. The fraction of sp³-hybridized carbons (Fsp3) is 0.417. The molecule has 6 rings (SSSR count). The molecule has 0 N–H and O–H groups in total. The van der Waals surface area contributed by atoms with E-state index in [0.717, 1.165) is 0 Å². The van der Waals surface area contributed by atoms with E-state index in [9.17, 15) is 4.39 Å². The van der Waals surface area contributed by atoms with Gasteiger partial charge in [0.1, 0.15) is 23.2 Å². The smallest absolute Gasteiger partial charge is 0.296 e. The van der Waals surface area contributed by atoms with Gasteiger partial charge in [-0.15, -0.1) is 0 Å². The molecule has 3 aromatic rings. The minimum atomic E-state index is -3.13. The van der Waals surface area contributed by atoms with E-state index in [4.69, 9.17) is 28.4 Å². The van der Waals surface area contributed by atoms with Crippen LogP contribution in [-0.4, -0.2) is 73.1 Å². The normalized spacial score (nSPS) is 21.3. The molecule has 2 fully saturated rings. The molecule has 1 unspecified atom stereocenters. The molecule has 0 saturated carbocycles. The van der Waals surface area contributed by atoms with Gasteiger partial charge < -0.3 is 28.4 Å². The van der Waals surface area contributed by atoms with Crippen molar-refractivity contribution in [2.75, 3.05) is 40.2 Å². The van der Waals surface area contributed by atoms with E-state index in [-0.39, 0.29) is 47.8 Å². The Morgan fingerprint density at radius 2 is 2.00 bits per heavy atom. The summed E-state index contributed by atoms with van der Waals surface area (Å²) in [6.45, 7) is 0.816. The van der Waals surface area contributed by atoms with Crippen LogP contribution in [0.15, 0.2) is 30.6 Å². The van der Waals surface area contributed by atoms with E-state index in [1.54, 1.807) is 11.0 Å². The van der Waals surface area contributed by atoms with Crippen molar-refractivity contribution in [1.82, 2.24) is 14.9 Å². The average molecular weight is 505 g/mol. The maximum Gasteiger partial charge on any atom is 0.296 e. The summed E-state index contributed by atoms with van der Waals surface area (Å²) in [5, 5.41) is 0.194. The summed E-state index contributed by atoms with van der Waals surface area (Å²) < 4.78 is 77.9. The molecule has 3 aliphatic rings. The predicted octanol–water partition coefficient (Wildman–Crippen LogP) is 3.79. The number of likely N-dealkylation sites (tertiary alicyclic amines) is 1. The van der Waals surface area contributed by atoms with E-state index in [2.05, 4.69) is 9.97 Å². The van der Waals surface area contributed by atoms with Crippen LogP contribution in [0.25, 0.3) is 10.9 Å². The van der Waals surface area contributed by atoms with Gasteiger partial charge in [0.2, 0.25) is 24.2 Å². The van der Waals surface area contributed by atoms with E-state index in [1.807, 2.05) is 0 Å². The summed E-state index contributed by atoms with van der Waals surface area (Å²) in [6, 6.07) is 5.64. The Labute approximate surface area is 203 Å². The molecule has 12 heteroatoms. The summed E-state index contributed by atoms with van der Waals surface area (Å²) >= 11 is 0. The standard InChI is InChI=1S/C24H22F3N3O6/c1-31-14-6-16-20(18(7-14)35-19-4-5-30(10-24(19,26)27)13-8-32-9-13)23(29-11-28-16)36-21-15(25)2-3-17-22(21)34-12-33-17/h2-3,6-7,11,13,19H,4-5,8-10,12H2,1H3. The Morgan fingerprint density at radius 3 is 2.75 bits per heavy atom. The topological polar surface area (TPSA) is 84.4 Å². The van der Waals surface area contributed by atoms with Gasteiger partial charge >= 0.3 is 0 Å². The second-order valence-corrected chi connectivity index (χ2v) is 8.73. The lowest BCUT2D eigenvalue weighted by molar-refractivity contribution is -0.169. The second kappa shape index (κ2) is 8.86. The molecule has 3 aliphatic heterocycles. The first-order valence-corrected chi connectivity index (χ1v) is 11.4. The number of fused-ring (bicyclic) bond motifs is 2. The van der Waals surface area contributed by atoms with E-state index < -0.39 is 24.4 Å². The molecule has 0 radical (unpaired) electrons. The first kappa shape index (κ1) is 22.9. The number of ether oxygens (including phenoxy) is 6. The lowest BCUT2D eigenvalue weighted by Gasteiger charge is -2.44. The van der Waals surface area contributed by atoms with Crippen LogP contribution in [0.1, 0.15) is 6.42 Å². The fourth-order valence-corrected chi connectivity index (χ4v) is 4.49. The minimum absolute atomic E-state index is 0.00317. The van der Waals surface area contributed by atoms with Crippen LogP contribution >= 0.6 is 0 Å². The van der Waals surface area contributed by atoms with Gasteiger partial charge in [-0.3, -0.25) is 4.90 Å².